The lowest BCUT2D eigenvalue weighted by atomic mass is 9.73. The van der Waals surface area contributed by atoms with Gasteiger partial charge in [0.05, 0.1) is 0 Å². The van der Waals surface area contributed by atoms with Crippen LogP contribution in [0.2, 0.25) is 0 Å². The average Bonchev–Trinajstić information content (AvgIpc) is 2.28. The zero-order valence-corrected chi connectivity index (χ0v) is 12.4. The summed E-state index contributed by atoms with van der Waals surface area (Å²) in [4.78, 5) is 2.70. The Kier molecular flexibility index (Phi) is 5.19. The molecule has 2 bridgehead atoms. The van der Waals surface area contributed by atoms with Crippen LogP contribution < -0.4 is 5.32 Å². The van der Waals surface area contributed by atoms with Crippen LogP contribution in [-0.2, 0) is 0 Å². The van der Waals surface area contributed by atoms with E-state index in [1.54, 1.807) is 0 Å². The zero-order valence-electron chi connectivity index (χ0n) is 11.6. The number of piperidine rings is 1. The third-order valence-electron chi connectivity index (χ3n) is 4.52. The molecule has 0 radical (unpaired) electrons. The predicted octanol–water partition coefficient (Wildman–Crippen LogP) is 2.45. The second kappa shape index (κ2) is 6.44. The van der Waals surface area contributed by atoms with Crippen molar-refractivity contribution in [3.8, 4) is 0 Å². The fraction of sp³-hybridized carbons (Fsp3) is 1.00. The monoisotopic (exact) mass is 256 g/mol. The van der Waals surface area contributed by atoms with Crippen LogP contribution in [0.3, 0.4) is 0 Å². The van der Waals surface area contributed by atoms with Gasteiger partial charge >= 0.3 is 0 Å². The molecule has 17 heavy (non-hydrogen) atoms. The molecule has 1 saturated carbocycles. The van der Waals surface area contributed by atoms with Gasteiger partial charge < -0.3 is 10.2 Å². The second-order valence-electron chi connectivity index (χ2n) is 5.97. The van der Waals surface area contributed by atoms with Crippen molar-refractivity contribution in [2.45, 2.75) is 45.2 Å². The van der Waals surface area contributed by atoms with E-state index in [0.717, 1.165) is 23.9 Å². The van der Waals surface area contributed by atoms with E-state index in [2.05, 4.69) is 30.3 Å². The minimum Gasteiger partial charge on any atom is -0.313 e. The van der Waals surface area contributed by atoms with Crippen molar-refractivity contribution in [3.05, 3.63) is 0 Å². The normalized spacial score (nSPS) is 34.2. The minimum absolute atomic E-state index is 0.727. The second-order valence-corrected chi connectivity index (χ2v) is 6.96. The minimum atomic E-state index is 0.727. The van der Waals surface area contributed by atoms with Crippen LogP contribution in [0.1, 0.15) is 33.1 Å². The number of hydrogen-bond acceptors (Lipinski definition) is 3. The summed E-state index contributed by atoms with van der Waals surface area (Å²) in [5.41, 5.74) is 0. The molecule has 0 amide bonds. The lowest BCUT2D eigenvalue weighted by Crippen LogP contribution is -2.58. The third-order valence-corrected chi connectivity index (χ3v) is 5.13. The maximum absolute atomic E-state index is 3.84. The van der Waals surface area contributed by atoms with E-state index in [0.29, 0.717) is 0 Å². The lowest BCUT2D eigenvalue weighted by molar-refractivity contribution is 0.0306. The fourth-order valence-electron chi connectivity index (χ4n) is 3.56. The number of thioether (sulfide) groups is 1. The highest BCUT2D eigenvalue weighted by Gasteiger charge is 2.39. The van der Waals surface area contributed by atoms with E-state index >= 15 is 0 Å². The molecule has 0 aromatic rings. The first-order valence-electron chi connectivity index (χ1n) is 7.18. The van der Waals surface area contributed by atoms with Gasteiger partial charge in [-0.25, -0.2) is 0 Å². The number of nitrogens with zero attached hydrogens (tertiary/aromatic N) is 1. The SMILES string of the molecule is CSCCNC1C2CCCC1CN(C(C)C)C2. The van der Waals surface area contributed by atoms with Gasteiger partial charge in [-0.1, -0.05) is 6.42 Å². The average molecular weight is 256 g/mol. The number of hydrogen-bond donors (Lipinski definition) is 1. The number of likely N-dealkylation sites (tertiary alicyclic amines) is 1. The predicted molar refractivity (Wildman–Crippen MR) is 77.7 cm³/mol. The quantitative estimate of drug-likeness (QED) is 0.761. The Hall–Kier alpha value is 0.270. The van der Waals surface area contributed by atoms with Gasteiger partial charge in [0.15, 0.2) is 0 Å². The maximum atomic E-state index is 3.84. The van der Waals surface area contributed by atoms with Crippen LogP contribution in [0, 0.1) is 11.8 Å². The van der Waals surface area contributed by atoms with Crippen molar-refractivity contribution >= 4 is 11.8 Å². The number of nitrogens with one attached hydrogen (secondary N) is 1. The number of fused-ring (bicyclic) bond motifs is 2. The van der Waals surface area contributed by atoms with E-state index in [4.69, 9.17) is 0 Å². The summed E-state index contributed by atoms with van der Waals surface area (Å²) in [6.45, 7) is 8.53. The molecule has 2 unspecified atom stereocenters. The summed E-state index contributed by atoms with van der Waals surface area (Å²) in [5.74, 6) is 3.07. The smallest absolute Gasteiger partial charge is 0.0148 e. The highest BCUT2D eigenvalue weighted by Crippen LogP contribution is 2.35. The van der Waals surface area contributed by atoms with Crippen LogP contribution in [0.15, 0.2) is 0 Å². The molecule has 2 atom stereocenters. The Morgan fingerprint density at radius 2 is 1.88 bits per heavy atom. The Labute approximate surface area is 111 Å². The van der Waals surface area contributed by atoms with E-state index < -0.39 is 0 Å². The molecule has 2 rings (SSSR count). The van der Waals surface area contributed by atoms with Crippen molar-refractivity contribution in [2.75, 3.05) is 31.6 Å². The van der Waals surface area contributed by atoms with Crippen molar-refractivity contribution < 1.29 is 0 Å². The van der Waals surface area contributed by atoms with Crippen LogP contribution in [-0.4, -0.2) is 48.6 Å². The van der Waals surface area contributed by atoms with Gasteiger partial charge in [0.2, 0.25) is 0 Å². The molecule has 1 aliphatic carbocycles. The summed E-state index contributed by atoms with van der Waals surface area (Å²) in [6.07, 6.45) is 6.54. The summed E-state index contributed by atoms with van der Waals surface area (Å²) in [7, 11) is 0. The third kappa shape index (κ3) is 3.39. The molecule has 1 heterocycles. The summed E-state index contributed by atoms with van der Waals surface area (Å²) >= 11 is 1.95. The standard InChI is InChI=1S/C14H28N2S/c1-11(2)16-9-12-5-4-6-13(10-16)14(12)15-7-8-17-3/h11-15H,4-10H2,1-3H3. The molecule has 1 aliphatic heterocycles. The molecule has 100 valence electrons. The molecular formula is C14H28N2S. The first-order chi connectivity index (χ1) is 8.22. The van der Waals surface area contributed by atoms with E-state index in [1.807, 2.05) is 11.8 Å². The van der Waals surface area contributed by atoms with Gasteiger partial charge in [-0.2, -0.15) is 11.8 Å². The van der Waals surface area contributed by atoms with Crippen LogP contribution in [0.5, 0.6) is 0 Å². The Balaban J connectivity index is 1.90. The van der Waals surface area contributed by atoms with Gasteiger partial charge in [-0.3, -0.25) is 0 Å². The first-order valence-corrected chi connectivity index (χ1v) is 8.58. The van der Waals surface area contributed by atoms with Crippen molar-refractivity contribution in [3.63, 3.8) is 0 Å². The summed E-state index contributed by atoms with van der Waals surface area (Å²) in [5, 5.41) is 3.84. The highest BCUT2D eigenvalue weighted by molar-refractivity contribution is 7.98. The molecule has 0 aromatic carbocycles. The van der Waals surface area contributed by atoms with Gasteiger partial charge in [-0.05, 0) is 44.8 Å². The number of rotatable bonds is 5. The molecule has 3 heteroatoms. The van der Waals surface area contributed by atoms with Crippen molar-refractivity contribution in [2.24, 2.45) is 11.8 Å². The Morgan fingerprint density at radius 3 is 2.41 bits per heavy atom. The van der Waals surface area contributed by atoms with Crippen LogP contribution >= 0.6 is 11.8 Å². The fourth-order valence-corrected chi connectivity index (χ4v) is 3.88. The van der Waals surface area contributed by atoms with Crippen molar-refractivity contribution in [1.82, 2.24) is 10.2 Å². The molecule has 0 spiro atoms. The molecule has 2 aliphatic rings. The highest BCUT2D eigenvalue weighted by atomic mass is 32.2. The molecule has 0 aromatic heterocycles. The zero-order chi connectivity index (χ0) is 12.3. The van der Waals surface area contributed by atoms with Crippen LogP contribution in [0.4, 0.5) is 0 Å². The Bertz CT molecular complexity index is 218. The van der Waals surface area contributed by atoms with Gasteiger partial charge in [0, 0.05) is 37.5 Å². The summed E-state index contributed by atoms with van der Waals surface area (Å²) in [6, 6.07) is 1.54. The van der Waals surface area contributed by atoms with Crippen molar-refractivity contribution in [1.29, 1.82) is 0 Å². The topological polar surface area (TPSA) is 15.3 Å². The van der Waals surface area contributed by atoms with Gasteiger partial charge in [0.25, 0.3) is 0 Å². The van der Waals surface area contributed by atoms with E-state index in [9.17, 15) is 0 Å². The van der Waals surface area contributed by atoms with Gasteiger partial charge in [0.1, 0.15) is 0 Å². The first kappa shape index (κ1) is 13.7. The molecular weight excluding hydrogens is 228 g/mol. The van der Waals surface area contributed by atoms with E-state index in [-0.39, 0.29) is 0 Å². The molecule has 1 N–H and O–H groups in total. The molecule has 1 saturated heterocycles. The largest absolute Gasteiger partial charge is 0.313 e. The maximum Gasteiger partial charge on any atom is 0.0148 e. The van der Waals surface area contributed by atoms with Gasteiger partial charge in [-0.15, -0.1) is 0 Å². The van der Waals surface area contributed by atoms with E-state index in [1.165, 1.54) is 44.6 Å². The Morgan fingerprint density at radius 1 is 1.24 bits per heavy atom. The molecule has 2 fully saturated rings. The summed E-state index contributed by atoms with van der Waals surface area (Å²) < 4.78 is 0. The van der Waals surface area contributed by atoms with Crippen LogP contribution in [0.25, 0.3) is 0 Å². The lowest BCUT2D eigenvalue weighted by Gasteiger charge is -2.49. The molecule has 2 nitrogen and oxygen atoms in total.